The smallest absolute Gasteiger partial charge is 0.191 e. The molecule has 0 spiro atoms. The number of benzene rings is 1. The number of carbonyl (C=O) groups is 1. The molecule has 128 valence electrons. The molecule has 0 bridgehead atoms. The number of methoxy groups -OCH3 is 1. The van der Waals surface area contributed by atoms with E-state index in [4.69, 9.17) is 4.74 Å². The fourth-order valence-electron chi connectivity index (χ4n) is 2.38. The first-order chi connectivity index (χ1) is 12.2. The van der Waals surface area contributed by atoms with Crippen LogP contribution >= 0.6 is 11.8 Å². The molecular weight excluding hydrogens is 336 g/mol. The number of nitrogens with zero attached hydrogens (tertiary/aromatic N) is 4. The molecule has 0 N–H and O–H groups in total. The normalized spacial score (nSPS) is 10.6. The predicted molar refractivity (Wildman–Crippen MR) is 97.0 cm³/mol. The average Bonchev–Trinajstić information content (AvgIpc) is 3.09. The summed E-state index contributed by atoms with van der Waals surface area (Å²) in [6, 6.07) is 10.9. The van der Waals surface area contributed by atoms with E-state index in [0.717, 1.165) is 28.8 Å². The monoisotopic (exact) mass is 354 g/mol. The lowest BCUT2D eigenvalue weighted by Gasteiger charge is -2.07. The minimum absolute atomic E-state index is 0.0428. The Labute approximate surface area is 150 Å². The second-order valence-corrected chi connectivity index (χ2v) is 6.17. The van der Waals surface area contributed by atoms with Crippen molar-refractivity contribution in [1.82, 2.24) is 19.7 Å². The van der Waals surface area contributed by atoms with Crippen LogP contribution < -0.4 is 4.74 Å². The topological polar surface area (TPSA) is 69.9 Å². The molecule has 6 nitrogen and oxygen atoms in total. The molecule has 0 unspecified atom stereocenters. The maximum absolute atomic E-state index is 12.4. The SMILES string of the molecule is CCn1c(SCC(=O)c2ccc(OC)cc2)nnc1-c1cccnc1. The van der Waals surface area contributed by atoms with Crippen LogP contribution in [0.15, 0.2) is 53.9 Å². The fourth-order valence-corrected chi connectivity index (χ4v) is 3.28. The summed E-state index contributed by atoms with van der Waals surface area (Å²) in [4.78, 5) is 16.5. The van der Waals surface area contributed by atoms with Crippen LogP contribution in [0, 0.1) is 0 Å². The molecule has 0 amide bonds. The van der Waals surface area contributed by atoms with Gasteiger partial charge in [-0.2, -0.15) is 0 Å². The average molecular weight is 354 g/mol. The first-order valence-corrected chi connectivity index (χ1v) is 8.85. The third-order valence-electron chi connectivity index (χ3n) is 3.70. The predicted octanol–water partition coefficient (Wildman–Crippen LogP) is 3.34. The van der Waals surface area contributed by atoms with E-state index in [1.165, 1.54) is 11.8 Å². The number of ether oxygens (including phenoxy) is 1. The van der Waals surface area contributed by atoms with Crippen molar-refractivity contribution in [3.05, 3.63) is 54.4 Å². The van der Waals surface area contributed by atoms with Gasteiger partial charge in [-0.05, 0) is 43.3 Å². The lowest BCUT2D eigenvalue weighted by Crippen LogP contribution is -2.05. The van der Waals surface area contributed by atoms with Crippen LogP contribution in [0.4, 0.5) is 0 Å². The number of hydrogen-bond donors (Lipinski definition) is 0. The molecule has 0 saturated heterocycles. The Kier molecular flexibility index (Phi) is 5.45. The van der Waals surface area contributed by atoms with Gasteiger partial charge in [0.15, 0.2) is 16.8 Å². The van der Waals surface area contributed by atoms with Gasteiger partial charge in [-0.15, -0.1) is 10.2 Å². The molecule has 0 fully saturated rings. The highest BCUT2D eigenvalue weighted by Crippen LogP contribution is 2.24. The zero-order valence-electron chi connectivity index (χ0n) is 14.0. The molecule has 3 aromatic rings. The van der Waals surface area contributed by atoms with E-state index < -0.39 is 0 Å². The van der Waals surface area contributed by atoms with Gasteiger partial charge in [0.1, 0.15) is 5.75 Å². The third kappa shape index (κ3) is 3.88. The maximum Gasteiger partial charge on any atom is 0.191 e. The van der Waals surface area contributed by atoms with Crippen LogP contribution in [0.25, 0.3) is 11.4 Å². The second-order valence-electron chi connectivity index (χ2n) is 5.23. The van der Waals surface area contributed by atoms with Crippen molar-refractivity contribution in [2.45, 2.75) is 18.6 Å². The van der Waals surface area contributed by atoms with Crippen molar-refractivity contribution < 1.29 is 9.53 Å². The lowest BCUT2D eigenvalue weighted by atomic mass is 10.1. The molecule has 1 aromatic carbocycles. The molecule has 0 aliphatic rings. The molecule has 3 rings (SSSR count). The molecule has 0 saturated carbocycles. The minimum Gasteiger partial charge on any atom is -0.497 e. The zero-order chi connectivity index (χ0) is 17.6. The van der Waals surface area contributed by atoms with E-state index >= 15 is 0 Å². The van der Waals surface area contributed by atoms with Gasteiger partial charge in [-0.3, -0.25) is 9.78 Å². The Morgan fingerprint density at radius 1 is 1.20 bits per heavy atom. The number of thioether (sulfide) groups is 1. The Morgan fingerprint density at radius 3 is 2.64 bits per heavy atom. The number of pyridine rings is 1. The van der Waals surface area contributed by atoms with Gasteiger partial charge in [0.05, 0.1) is 12.9 Å². The fraction of sp³-hybridized carbons (Fsp3) is 0.222. The molecule has 7 heteroatoms. The van der Waals surface area contributed by atoms with E-state index in [0.29, 0.717) is 11.3 Å². The number of Topliss-reactive ketones (excluding diaryl/α,β-unsaturated/α-hetero) is 1. The molecule has 0 atom stereocenters. The van der Waals surface area contributed by atoms with E-state index in [9.17, 15) is 4.79 Å². The van der Waals surface area contributed by atoms with Crippen LogP contribution in [0.3, 0.4) is 0 Å². The molecule has 0 radical (unpaired) electrons. The molecular formula is C18H18N4O2S. The summed E-state index contributed by atoms with van der Waals surface area (Å²) in [7, 11) is 1.60. The van der Waals surface area contributed by atoms with Crippen molar-refractivity contribution in [2.24, 2.45) is 0 Å². The number of rotatable bonds is 7. The highest BCUT2D eigenvalue weighted by Gasteiger charge is 2.15. The molecule has 2 aromatic heterocycles. The van der Waals surface area contributed by atoms with Gasteiger partial charge in [-0.25, -0.2) is 0 Å². The first-order valence-electron chi connectivity index (χ1n) is 7.86. The van der Waals surface area contributed by atoms with Crippen LogP contribution in [-0.4, -0.2) is 38.4 Å². The van der Waals surface area contributed by atoms with Crippen LogP contribution in [0.1, 0.15) is 17.3 Å². The molecule has 25 heavy (non-hydrogen) atoms. The van der Waals surface area contributed by atoms with Crippen LogP contribution in [0.5, 0.6) is 5.75 Å². The van der Waals surface area contributed by atoms with Crippen molar-refractivity contribution in [3.63, 3.8) is 0 Å². The summed E-state index contributed by atoms with van der Waals surface area (Å²) in [5.74, 6) is 1.84. The Hall–Kier alpha value is -2.67. The highest BCUT2D eigenvalue weighted by molar-refractivity contribution is 7.99. The van der Waals surface area contributed by atoms with Gasteiger partial charge in [-0.1, -0.05) is 11.8 Å². The van der Waals surface area contributed by atoms with Crippen molar-refractivity contribution in [2.75, 3.05) is 12.9 Å². The van der Waals surface area contributed by atoms with Crippen molar-refractivity contribution in [1.29, 1.82) is 0 Å². The number of aromatic nitrogens is 4. The van der Waals surface area contributed by atoms with Gasteiger partial charge in [0.25, 0.3) is 0 Å². The summed E-state index contributed by atoms with van der Waals surface area (Å²) in [5.41, 5.74) is 1.56. The lowest BCUT2D eigenvalue weighted by molar-refractivity contribution is 0.102. The van der Waals surface area contributed by atoms with E-state index in [1.54, 1.807) is 43.8 Å². The highest BCUT2D eigenvalue weighted by atomic mass is 32.2. The van der Waals surface area contributed by atoms with E-state index in [2.05, 4.69) is 15.2 Å². The van der Waals surface area contributed by atoms with Gasteiger partial charge in [0.2, 0.25) is 0 Å². The first kappa shape index (κ1) is 17.2. The summed E-state index contributed by atoms with van der Waals surface area (Å²) < 4.78 is 7.10. The largest absolute Gasteiger partial charge is 0.497 e. The van der Waals surface area contributed by atoms with Crippen LogP contribution in [0.2, 0.25) is 0 Å². The number of hydrogen-bond acceptors (Lipinski definition) is 6. The second kappa shape index (κ2) is 7.94. The number of ketones is 1. The van der Waals surface area contributed by atoms with Gasteiger partial charge >= 0.3 is 0 Å². The van der Waals surface area contributed by atoms with Crippen molar-refractivity contribution in [3.8, 4) is 17.1 Å². The molecule has 0 aliphatic heterocycles. The third-order valence-corrected chi connectivity index (χ3v) is 4.66. The summed E-state index contributed by atoms with van der Waals surface area (Å²) in [6.45, 7) is 2.74. The van der Waals surface area contributed by atoms with E-state index in [-0.39, 0.29) is 5.78 Å². The Morgan fingerprint density at radius 2 is 2.00 bits per heavy atom. The van der Waals surface area contributed by atoms with Crippen molar-refractivity contribution >= 4 is 17.5 Å². The zero-order valence-corrected chi connectivity index (χ0v) is 14.9. The number of carbonyl (C=O) groups excluding carboxylic acids is 1. The summed E-state index contributed by atoms with van der Waals surface area (Å²) in [6.07, 6.45) is 3.48. The van der Waals surface area contributed by atoms with E-state index in [1.807, 2.05) is 23.6 Å². The van der Waals surface area contributed by atoms with Gasteiger partial charge < -0.3 is 9.30 Å². The Bertz CT molecular complexity index is 847. The molecule has 2 heterocycles. The van der Waals surface area contributed by atoms with Crippen LogP contribution in [-0.2, 0) is 6.54 Å². The standard InChI is InChI=1S/C18H18N4O2S/c1-3-22-17(14-5-4-10-19-11-14)20-21-18(22)25-12-16(23)13-6-8-15(24-2)9-7-13/h4-11H,3,12H2,1-2H3. The Balaban J connectivity index is 1.72. The summed E-state index contributed by atoms with van der Waals surface area (Å²) in [5, 5.41) is 9.21. The maximum atomic E-state index is 12.4. The molecule has 0 aliphatic carbocycles. The minimum atomic E-state index is 0.0428. The van der Waals surface area contributed by atoms with Gasteiger partial charge in [0, 0.05) is 30.1 Å². The quantitative estimate of drug-likeness (QED) is 0.479. The summed E-state index contributed by atoms with van der Waals surface area (Å²) >= 11 is 1.39.